The third-order valence-corrected chi connectivity index (χ3v) is 4.49. The first kappa shape index (κ1) is 13.5. The summed E-state index contributed by atoms with van der Waals surface area (Å²) in [6, 6.07) is 6.04. The zero-order valence-corrected chi connectivity index (χ0v) is 12.8. The second kappa shape index (κ2) is 5.84. The van der Waals surface area contributed by atoms with Crippen molar-refractivity contribution >= 4 is 22.6 Å². The molecular weight excluding hydrogens is 339 g/mol. The van der Waals surface area contributed by atoms with E-state index < -0.39 is 6.10 Å². The third-order valence-electron chi connectivity index (χ3n) is 3.02. The summed E-state index contributed by atoms with van der Waals surface area (Å²) < 4.78 is 3.02. The molecule has 0 aliphatic rings. The molecule has 0 aliphatic carbocycles. The molecule has 0 radical (unpaired) electrons. The lowest BCUT2D eigenvalue weighted by Gasteiger charge is -2.13. The van der Waals surface area contributed by atoms with E-state index in [1.165, 1.54) is 5.56 Å². The molecule has 1 aromatic carbocycles. The van der Waals surface area contributed by atoms with E-state index in [1.807, 2.05) is 29.2 Å². The zero-order valence-electron chi connectivity index (χ0n) is 10.6. The Bertz CT molecular complexity index is 536. The van der Waals surface area contributed by atoms with Crippen LogP contribution in [0.4, 0.5) is 0 Å². The van der Waals surface area contributed by atoms with E-state index in [9.17, 15) is 5.11 Å². The van der Waals surface area contributed by atoms with Gasteiger partial charge in [0.1, 0.15) is 0 Å². The molecule has 0 amide bonds. The van der Waals surface area contributed by atoms with E-state index in [0.717, 1.165) is 21.2 Å². The van der Waals surface area contributed by atoms with Crippen molar-refractivity contribution in [2.24, 2.45) is 0 Å². The molecule has 1 aromatic heterocycles. The van der Waals surface area contributed by atoms with Crippen molar-refractivity contribution < 1.29 is 5.11 Å². The van der Waals surface area contributed by atoms with Gasteiger partial charge in [0.15, 0.2) is 0 Å². The van der Waals surface area contributed by atoms with Gasteiger partial charge in [0.05, 0.1) is 12.3 Å². The monoisotopic (exact) mass is 356 g/mol. The minimum Gasteiger partial charge on any atom is -0.388 e. The Morgan fingerprint density at radius 2 is 2.22 bits per heavy atom. The van der Waals surface area contributed by atoms with E-state index in [-0.39, 0.29) is 0 Å². The molecule has 0 aliphatic heterocycles. The van der Waals surface area contributed by atoms with E-state index in [4.69, 9.17) is 0 Å². The third kappa shape index (κ3) is 2.92. The van der Waals surface area contributed by atoms with Gasteiger partial charge in [-0.25, -0.2) is 0 Å². The number of nitrogens with zero attached hydrogens (tertiary/aromatic N) is 2. The highest BCUT2D eigenvalue weighted by molar-refractivity contribution is 14.1. The maximum Gasteiger partial charge on any atom is 0.0841 e. The number of rotatable bonds is 4. The molecule has 2 aromatic rings. The van der Waals surface area contributed by atoms with Gasteiger partial charge >= 0.3 is 0 Å². The predicted molar refractivity (Wildman–Crippen MR) is 80.5 cm³/mol. The largest absolute Gasteiger partial charge is 0.388 e. The van der Waals surface area contributed by atoms with Crippen molar-refractivity contribution in [2.45, 2.75) is 32.9 Å². The van der Waals surface area contributed by atoms with Crippen LogP contribution >= 0.6 is 22.6 Å². The molecule has 1 atom stereocenters. The molecule has 1 unspecified atom stereocenters. The number of hydrogen-bond acceptors (Lipinski definition) is 2. The Morgan fingerprint density at radius 1 is 1.44 bits per heavy atom. The van der Waals surface area contributed by atoms with Crippen molar-refractivity contribution in [1.82, 2.24) is 9.78 Å². The predicted octanol–water partition coefficient (Wildman–Crippen LogP) is 3.09. The Labute approximate surface area is 121 Å². The van der Waals surface area contributed by atoms with E-state index >= 15 is 0 Å². The normalized spacial score (nSPS) is 12.7. The van der Waals surface area contributed by atoms with Gasteiger partial charge in [0, 0.05) is 22.7 Å². The number of halogens is 1. The molecule has 1 N–H and O–H groups in total. The van der Waals surface area contributed by atoms with Crippen molar-refractivity contribution in [3.05, 3.63) is 50.9 Å². The summed E-state index contributed by atoms with van der Waals surface area (Å²) in [6.07, 6.45) is 3.96. The fourth-order valence-corrected chi connectivity index (χ4v) is 2.66. The highest BCUT2D eigenvalue weighted by atomic mass is 127. The molecular formula is C14H17IN2O. The first-order chi connectivity index (χ1) is 8.61. The van der Waals surface area contributed by atoms with E-state index in [1.54, 1.807) is 0 Å². The molecule has 0 saturated carbocycles. The van der Waals surface area contributed by atoms with E-state index in [0.29, 0.717) is 6.42 Å². The van der Waals surface area contributed by atoms with Crippen LogP contribution in [-0.4, -0.2) is 14.9 Å². The van der Waals surface area contributed by atoms with Crippen molar-refractivity contribution in [3.63, 3.8) is 0 Å². The minimum atomic E-state index is -0.466. The smallest absolute Gasteiger partial charge is 0.0841 e. The summed E-state index contributed by atoms with van der Waals surface area (Å²) in [6.45, 7) is 4.97. The van der Waals surface area contributed by atoms with Gasteiger partial charge in [-0.05, 0) is 53.1 Å². The lowest BCUT2D eigenvalue weighted by molar-refractivity contribution is 0.177. The van der Waals surface area contributed by atoms with Gasteiger partial charge in [0.2, 0.25) is 0 Å². The standard InChI is InChI=1S/C14H17IN2O/c1-3-17-9-11(8-16-17)7-13(18)12-6-4-5-10(2)14(12)15/h4-6,8-9,13,18H,3,7H2,1-2H3. The number of hydrogen-bond donors (Lipinski definition) is 1. The SMILES string of the molecule is CCn1cc(CC(O)c2cccc(C)c2I)cn1. The van der Waals surface area contributed by atoms with Gasteiger partial charge in [0.25, 0.3) is 0 Å². The van der Waals surface area contributed by atoms with Crippen LogP contribution < -0.4 is 0 Å². The molecule has 0 saturated heterocycles. The van der Waals surface area contributed by atoms with Crippen LogP contribution in [-0.2, 0) is 13.0 Å². The summed E-state index contributed by atoms with van der Waals surface area (Å²) in [4.78, 5) is 0. The van der Waals surface area contributed by atoms with Crippen molar-refractivity contribution in [3.8, 4) is 0 Å². The number of aliphatic hydroxyl groups excluding tert-OH is 1. The summed E-state index contributed by atoms with van der Waals surface area (Å²) in [7, 11) is 0. The van der Waals surface area contributed by atoms with Gasteiger partial charge in [-0.1, -0.05) is 18.2 Å². The minimum absolute atomic E-state index is 0.466. The number of aromatic nitrogens is 2. The lowest BCUT2D eigenvalue weighted by Crippen LogP contribution is -2.04. The molecule has 0 bridgehead atoms. The maximum absolute atomic E-state index is 10.3. The fraction of sp³-hybridized carbons (Fsp3) is 0.357. The molecule has 1 heterocycles. The number of benzene rings is 1. The van der Waals surface area contributed by atoms with Crippen LogP contribution in [0, 0.1) is 10.5 Å². The van der Waals surface area contributed by atoms with Crippen LogP contribution in [0.25, 0.3) is 0 Å². The van der Waals surface area contributed by atoms with Crippen molar-refractivity contribution in [1.29, 1.82) is 0 Å². The second-order valence-electron chi connectivity index (χ2n) is 4.40. The second-order valence-corrected chi connectivity index (χ2v) is 5.48. The Morgan fingerprint density at radius 3 is 2.89 bits per heavy atom. The summed E-state index contributed by atoms with van der Waals surface area (Å²) >= 11 is 2.29. The molecule has 2 rings (SSSR count). The molecule has 0 spiro atoms. The van der Waals surface area contributed by atoms with Crippen LogP contribution in [0.2, 0.25) is 0 Å². The molecule has 3 nitrogen and oxygen atoms in total. The summed E-state index contributed by atoms with van der Waals surface area (Å²) in [5.41, 5.74) is 3.28. The fourth-order valence-electron chi connectivity index (χ4n) is 1.95. The number of aryl methyl sites for hydroxylation is 2. The van der Waals surface area contributed by atoms with Crippen LogP contribution in [0.5, 0.6) is 0 Å². The molecule has 96 valence electrons. The average molecular weight is 356 g/mol. The van der Waals surface area contributed by atoms with Crippen LogP contribution in [0.1, 0.15) is 29.7 Å². The van der Waals surface area contributed by atoms with Gasteiger partial charge < -0.3 is 5.11 Å². The summed E-state index contributed by atoms with van der Waals surface area (Å²) in [5.74, 6) is 0. The first-order valence-corrected chi connectivity index (χ1v) is 7.14. The van der Waals surface area contributed by atoms with Crippen LogP contribution in [0.3, 0.4) is 0 Å². The average Bonchev–Trinajstić information content (AvgIpc) is 2.80. The zero-order chi connectivity index (χ0) is 13.1. The van der Waals surface area contributed by atoms with E-state index in [2.05, 4.69) is 47.6 Å². The lowest BCUT2D eigenvalue weighted by atomic mass is 10.0. The molecule has 4 heteroatoms. The van der Waals surface area contributed by atoms with Crippen molar-refractivity contribution in [2.75, 3.05) is 0 Å². The van der Waals surface area contributed by atoms with Gasteiger partial charge in [-0.2, -0.15) is 5.10 Å². The maximum atomic E-state index is 10.3. The highest BCUT2D eigenvalue weighted by Crippen LogP contribution is 2.25. The molecule has 18 heavy (non-hydrogen) atoms. The summed E-state index contributed by atoms with van der Waals surface area (Å²) in [5, 5.41) is 14.5. The Balaban J connectivity index is 2.16. The number of aliphatic hydroxyl groups is 1. The Kier molecular flexibility index (Phi) is 4.40. The van der Waals surface area contributed by atoms with Gasteiger partial charge in [-0.3, -0.25) is 4.68 Å². The van der Waals surface area contributed by atoms with Gasteiger partial charge in [-0.15, -0.1) is 0 Å². The topological polar surface area (TPSA) is 38.0 Å². The van der Waals surface area contributed by atoms with Crippen LogP contribution in [0.15, 0.2) is 30.6 Å². The molecule has 0 fully saturated rings. The quantitative estimate of drug-likeness (QED) is 0.855. The Hall–Kier alpha value is -0.880. The first-order valence-electron chi connectivity index (χ1n) is 6.06. The highest BCUT2D eigenvalue weighted by Gasteiger charge is 2.13.